The quantitative estimate of drug-likeness (QED) is 0.806. The fourth-order valence-corrected chi connectivity index (χ4v) is 3.93. The number of H-pyrrole nitrogens is 1. The summed E-state index contributed by atoms with van der Waals surface area (Å²) in [7, 11) is 0. The van der Waals surface area contributed by atoms with Gasteiger partial charge < -0.3 is 4.98 Å². The number of rotatable bonds is 2. The van der Waals surface area contributed by atoms with Crippen LogP contribution in [0.1, 0.15) is 44.9 Å². The second-order valence-electron chi connectivity index (χ2n) is 6.44. The molecule has 1 aromatic heterocycles. The fourth-order valence-electron chi connectivity index (χ4n) is 3.93. The maximum Gasteiger partial charge on any atom is 0.222 e. The van der Waals surface area contributed by atoms with Crippen molar-refractivity contribution in [1.29, 1.82) is 0 Å². The number of fused-ring (bicyclic) bond motifs is 2. The molecule has 4 nitrogen and oxygen atoms in total. The van der Waals surface area contributed by atoms with Crippen LogP contribution in [-0.4, -0.2) is 15.7 Å². The largest absolute Gasteiger partial charge is 0.323 e. The molecular formula is C17H22N4. The van der Waals surface area contributed by atoms with Crippen molar-refractivity contribution in [3.8, 4) is 0 Å². The summed E-state index contributed by atoms with van der Waals surface area (Å²) in [5, 5.41) is 4.61. The van der Waals surface area contributed by atoms with Crippen LogP contribution in [0.4, 0.5) is 5.95 Å². The molecule has 0 bridgehead atoms. The number of benzene rings is 1. The van der Waals surface area contributed by atoms with Gasteiger partial charge in [0.25, 0.3) is 0 Å². The van der Waals surface area contributed by atoms with Gasteiger partial charge in [-0.05, 0) is 49.7 Å². The number of nitrogens with zero attached hydrogens (tertiary/aromatic N) is 2. The van der Waals surface area contributed by atoms with Gasteiger partial charge in [0.1, 0.15) is 0 Å². The van der Waals surface area contributed by atoms with E-state index in [0.717, 1.165) is 35.2 Å². The van der Waals surface area contributed by atoms with Gasteiger partial charge in [0.15, 0.2) is 0 Å². The molecule has 0 radical (unpaired) electrons. The van der Waals surface area contributed by atoms with E-state index in [1.165, 1.54) is 44.2 Å². The third-order valence-electron chi connectivity index (χ3n) is 5.08. The van der Waals surface area contributed by atoms with Crippen LogP contribution in [0.2, 0.25) is 0 Å². The molecule has 21 heavy (non-hydrogen) atoms. The lowest BCUT2D eigenvalue weighted by Gasteiger charge is -2.35. The highest BCUT2D eigenvalue weighted by Gasteiger charge is 2.30. The van der Waals surface area contributed by atoms with E-state index in [4.69, 9.17) is 0 Å². The Balaban J connectivity index is 1.45. The highest BCUT2D eigenvalue weighted by Crippen LogP contribution is 2.39. The monoisotopic (exact) mass is 282 g/mol. The lowest BCUT2D eigenvalue weighted by Crippen LogP contribution is -2.28. The standard InChI is InChI=1S/C17H22N4/c1-2-6-13-11-14(10-9-12(13)5-1)20-21-17-18-15-7-3-4-8-16(15)19-17/h3-4,7-8,12-13H,1-2,5-6,9-11H2,(H2,18,19,21)/b20-14-/t12-,13-/m0/s1. The number of hydrogen-bond donors (Lipinski definition) is 2. The van der Waals surface area contributed by atoms with Gasteiger partial charge in [0.05, 0.1) is 11.0 Å². The Morgan fingerprint density at radius 2 is 1.95 bits per heavy atom. The van der Waals surface area contributed by atoms with E-state index in [0.29, 0.717) is 0 Å². The minimum Gasteiger partial charge on any atom is -0.323 e. The number of aromatic nitrogens is 2. The number of para-hydroxylation sites is 2. The molecule has 0 unspecified atom stereocenters. The lowest BCUT2D eigenvalue weighted by molar-refractivity contribution is 0.218. The molecule has 2 aromatic rings. The summed E-state index contributed by atoms with van der Waals surface area (Å²) in [5.74, 6) is 2.59. The fraction of sp³-hybridized carbons (Fsp3) is 0.529. The van der Waals surface area contributed by atoms with Crippen molar-refractivity contribution < 1.29 is 0 Å². The van der Waals surface area contributed by atoms with Gasteiger partial charge in [-0.2, -0.15) is 5.10 Å². The Bertz CT molecular complexity index is 625. The van der Waals surface area contributed by atoms with Gasteiger partial charge >= 0.3 is 0 Å². The summed E-state index contributed by atoms with van der Waals surface area (Å²) >= 11 is 0. The van der Waals surface area contributed by atoms with Gasteiger partial charge in [-0.15, -0.1) is 0 Å². The van der Waals surface area contributed by atoms with Gasteiger partial charge in [0, 0.05) is 5.71 Å². The highest BCUT2D eigenvalue weighted by atomic mass is 15.4. The van der Waals surface area contributed by atoms with E-state index in [2.05, 4.69) is 20.5 Å². The number of hydrazone groups is 1. The van der Waals surface area contributed by atoms with Crippen molar-refractivity contribution in [2.24, 2.45) is 16.9 Å². The molecule has 1 aromatic carbocycles. The van der Waals surface area contributed by atoms with E-state index in [9.17, 15) is 0 Å². The third kappa shape index (κ3) is 2.67. The van der Waals surface area contributed by atoms with Crippen molar-refractivity contribution in [3.05, 3.63) is 24.3 Å². The van der Waals surface area contributed by atoms with Gasteiger partial charge in [-0.3, -0.25) is 0 Å². The van der Waals surface area contributed by atoms with Crippen LogP contribution >= 0.6 is 0 Å². The number of imidazole rings is 1. The first-order chi connectivity index (χ1) is 10.4. The smallest absolute Gasteiger partial charge is 0.222 e. The van der Waals surface area contributed by atoms with E-state index < -0.39 is 0 Å². The molecule has 2 saturated carbocycles. The van der Waals surface area contributed by atoms with Crippen molar-refractivity contribution >= 4 is 22.7 Å². The third-order valence-corrected chi connectivity index (χ3v) is 5.08. The van der Waals surface area contributed by atoms with Crippen LogP contribution in [0, 0.1) is 11.8 Å². The molecule has 2 aliphatic rings. The lowest BCUT2D eigenvalue weighted by atomic mass is 9.70. The van der Waals surface area contributed by atoms with Crippen molar-refractivity contribution in [2.75, 3.05) is 5.43 Å². The predicted octanol–water partition coefficient (Wildman–Crippen LogP) is 4.32. The average molecular weight is 282 g/mol. The van der Waals surface area contributed by atoms with Crippen molar-refractivity contribution in [1.82, 2.24) is 9.97 Å². The zero-order valence-corrected chi connectivity index (χ0v) is 12.3. The molecule has 0 spiro atoms. The minimum atomic E-state index is 0.745. The summed E-state index contributed by atoms with van der Waals surface area (Å²) in [6.07, 6.45) is 9.33. The Labute approximate surface area is 125 Å². The maximum absolute atomic E-state index is 4.61. The van der Waals surface area contributed by atoms with Gasteiger partial charge in [-0.25, -0.2) is 10.4 Å². The molecular weight excluding hydrogens is 260 g/mol. The number of nitrogens with one attached hydrogen (secondary N) is 2. The molecule has 2 N–H and O–H groups in total. The molecule has 110 valence electrons. The van der Waals surface area contributed by atoms with Crippen LogP contribution in [0.25, 0.3) is 11.0 Å². The normalized spacial score (nSPS) is 27.7. The molecule has 0 amide bonds. The molecule has 1 heterocycles. The van der Waals surface area contributed by atoms with Crippen LogP contribution in [0.5, 0.6) is 0 Å². The van der Waals surface area contributed by atoms with Gasteiger partial charge in [-0.1, -0.05) is 31.4 Å². The Morgan fingerprint density at radius 1 is 1.10 bits per heavy atom. The molecule has 2 fully saturated rings. The molecule has 2 aliphatic carbocycles. The summed E-state index contributed by atoms with van der Waals surface area (Å²) < 4.78 is 0. The number of hydrogen-bond acceptors (Lipinski definition) is 3. The molecule has 0 saturated heterocycles. The Hall–Kier alpha value is -1.84. The summed E-state index contributed by atoms with van der Waals surface area (Å²) in [4.78, 5) is 7.77. The summed E-state index contributed by atoms with van der Waals surface area (Å²) in [5.41, 5.74) is 6.47. The SMILES string of the molecule is c1ccc2[nH]c(N/N=C3/CC[C@@H]4CCCC[C@H]4C3)nc2c1. The van der Waals surface area contributed by atoms with Crippen LogP contribution in [0.15, 0.2) is 29.4 Å². The Morgan fingerprint density at radius 3 is 2.86 bits per heavy atom. The van der Waals surface area contributed by atoms with E-state index in [1.807, 2.05) is 24.3 Å². The van der Waals surface area contributed by atoms with E-state index in [-0.39, 0.29) is 0 Å². The van der Waals surface area contributed by atoms with E-state index >= 15 is 0 Å². The second kappa shape index (κ2) is 5.51. The maximum atomic E-state index is 4.61. The molecule has 2 atom stereocenters. The first kappa shape index (κ1) is 12.9. The Kier molecular flexibility index (Phi) is 3.37. The first-order valence-corrected chi connectivity index (χ1v) is 8.15. The molecule has 4 rings (SSSR count). The van der Waals surface area contributed by atoms with Crippen molar-refractivity contribution in [2.45, 2.75) is 44.9 Å². The number of aromatic amines is 1. The van der Waals surface area contributed by atoms with E-state index in [1.54, 1.807) is 0 Å². The van der Waals surface area contributed by atoms with Crippen molar-refractivity contribution in [3.63, 3.8) is 0 Å². The van der Waals surface area contributed by atoms with Crippen LogP contribution in [-0.2, 0) is 0 Å². The summed E-state index contributed by atoms with van der Waals surface area (Å²) in [6.45, 7) is 0. The van der Waals surface area contributed by atoms with Crippen LogP contribution in [0.3, 0.4) is 0 Å². The average Bonchev–Trinajstić information content (AvgIpc) is 2.95. The van der Waals surface area contributed by atoms with Crippen LogP contribution < -0.4 is 5.43 Å². The summed E-state index contributed by atoms with van der Waals surface area (Å²) in [6, 6.07) is 8.06. The second-order valence-corrected chi connectivity index (χ2v) is 6.44. The molecule has 0 aliphatic heterocycles. The number of anilines is 1. The predicted molar refractivity (Wildman–Crippen MR) is 86.5 cm³/mol. The minimum absolute atomic E-state index is 0.745. The topological polar surface area (TPSA) is 53.1 Å². The first-order valence-electron chi connectivity index (χ1n) is 8.15. The zero-order chi connectivity index (χ0) is 14.1. The zero-order valence-electron chi connectivity index (χ0n) is 12.3. The highest BCUT2D eigenvalue weighted by molar-refractivity contribution is 5.86. The van der Waals surface area contributed by atoms with Gasteiger partial charge in [0.2, 0.25) is 5.95 Å². The molecule has 4 heteroatoms.